The Morgan fingerprint density at radius 1 is 1.53 bits per heavy atom. The molecule has 0 aliphatic carbocycles. The fourth-order valence-corrected chi connectivity index (χ4v) is 1.49. The van der Waals surface area contributed by atoms with E-state index < -0.39 is 6.10 Å². The van der Waals surface area contributed by atoms with Gasteiger partial charge in [-0.15, -0.1) is 0 Å². The lowest BCUT2D eigenvalue weighted by Gasteiger charge is -2.22. The Labute approximate surface area is 102 Å². The average molecular weight is 234 g/mol. The summed E-state index contributed by atoms with van der Waals surface area (Å²) in [4.78, 5) is 7.94. The second-order valence-electron chi connectivity index (χ2n) is 5.18. The predicted molar refractivity (Wildman–Crippen MR) is 65.3 cm³/mol. The maximum Gasteiger partial charge on any atom is 0.223 e. The van der Waals surface area contributed by atoms with Crippen molar-refractivity contribution in [2.45, 2.75) is 33.3 Å². The second-order valence-corrected chi connectivity index (χ2v) is 5.18. The Hall–Kier alpha value is -1.67. The molecule has 1 unspecified atom stereocenters. The van der Waals surface area contributed by atoms with E-state index in [0.717, 1.165) is 0 Å². The van der Waals surface area contributed by atoms with Crippen molar-refractivity contribution in [1.82, 2.24) is 9.97 Å². The summed E-state index contributed by atoms with van der Waals surface area (Å²) in [6, 6.07) is 3.48. The van der Waals surface area contributed by atoms with Crippen molar-refractivity contribution < 1.29 is 5.11 Å². The summed E-state index contributed by atoms with van der Waals surface area (Å²) in [6.45, 7) is 6.60. The number of aromatic nitrogens is 2. The number of hydrogen-bond donors (Lipinski definition) is 2. The van der Waals surface area contributed by atoms with E-state index in [-0.39, 0.29) is 5.41 Å². The number of rotatable bonds is 4. The van der Waals surface area contributed by atoms with Gasteiger partial charge in [0, 0.05) is 12.7 Å². The van der Waals surface area contributed by atoms with Gasteiger partial charge in [0.05, 0.1) is 6.10 Å². The molecule has 0 saturated heterocycles. The molecule has 0 radical (unpaired) electrons. The smallest absolute Gasteiger partial charge is 0.223 e. The van der Waals surface area contributed by atoms with Crippen LogP contribution in [0.25, 0.3) is 0 Å². The van der Waals surface area contributed by atoms with Crippen LogP contribution in [0.3, 0.4) is 0 Å². The van der Waals surface area contributed by atoms with Gasteiger partial charge in [-0.05, 0) is 17.9 Å². The molecule has 0 aliphatic rings. The molecule has 1 rings (SSSR count). The predicted octanol–water partition coefficient (Wildman–Crippen LogP) is 1.56. The summed E-state index contributed by atoms with van der Waals surface area (Å²) in [7, 11) is 0. The molecular weight excluding hydrogens is 216 g/mol. The molecule has 0 amide bonds. The molecule has 1 aromatic heterocycles. The highest BCUT2D eigenvalue weighted by molar-refractivity contribution is 5.29. The molecule has 92 valence electrons. The SMILES string of the molecule is CC(C)(C)CC(O)CNc1nccc(C#N)n1. The van der Waals surface area contributed by atoms with Gasteiger partial charge in [-0.25, -0.2) is 9.97 Å². The van der Waals surface area contributed by atoms with Gasteiger partial charge < -0.3 is 10.4 Å². The van der Waals surface area contributed by atoms with Crippen LogP contribution in [-0.4, -0.2) is 27.7 Å². The van der Waals surface area contributed by atoms with Crippen LogP contribution in [0.4, 0.5) is 5.95 Å². The van der Waals surface area contributed by atoms with Crippen LogP contribution >= 0.6 is 0 Å². The molecule has 0 bridgehead atoms. The first-order chi connectivity index (χ1) is 7.90. The van der Waals surface area contributed by atoms with Crippen LogP contribution in [0.15, 0.2) is 12.3 Å². The van der Waals surface area contributed by atoms with Gasteiger partial charge in [-0.3, -0.25) is 0 Å². The van der Waals surface area contributed by atoms with E-state index in [9.17, 15) is 5.11 Å². The zero-order valence-corrected chi connectivity index (χ0v) is 10.4. The van der Waals surface area contributed by atoms with Gasteiger partial charge in [0.15, 0.2) is 0 Å². The molecule has 5 nitrogen and oxygen atoms in total. The lowest BCUT2D eigenvalue weighted by molar-refractivity contribution is 0.132. The van der Waals surface area contributed by atoms with Crippen LogP contribution < -0.4 is 5.32 Å². The molecule has 0 fully saturated rings. The van der Waals surface area contributed by atoms with E-state index in [1.165, 1.54) is 12.3 Å². The quantitative estimate of drug-likeness (QED) is 0.826. The van der Waals surface area contributed by atoms with Crippen LogP contribution in [0, 0.1) is 16.7 Å². The maximum atomic E-state index is 9.79. The molecule has 0 saturated carbocycles. The average Bonchev–Trinajstić information content (AvgIpc) is 2.24. The fourth-order valence-electron chi connectivity index (χ4n) is 1.49. The van der Waals surface area contributed by atoms with Gasteiger partial charge in [-0.1, -0.05) is 20.8 Å². The van der Waals surface area contributed by atoms with Crippen molar-refractivity contribution in [3.05, 3.63) is 18.0 Å². The van der Waals surface area contributed by atoms with Crippen molar-refractivity contribution in [3.8, 4) is 6.07 Å². The molecule has 1 atom stereocenters. The second kappa shape index (κ2) is 5.60. The normalized spacial score (nSPS) is 12.9. The lowest BCUT2D eigenvalue weighted by atomic mass is 9.89. The maximum absolute atomic E-state index is 9.79. The summed E-state index contributed by atoms with van der Waals surface area (Å²) in [5, 5.41) is 21.4. The first-order valence-corrected chi connectivity index (χ1v) is 5.56. The van der Waals surface area contributed by atoms with E-state index in [0.29, 0.717) is 24.6 Å². The van der Waals surface area contributed by atoms with Gasteiger partial charge in [-0.2, -0.15) is 5.26 Å². The Morgan fingerprint density at radius 2 is 2.24 bits per heavy atom. The number of nitrogens with one attached hydrogen (secondary N) is 1. The summed E-state index contributed by atoms with van der Waals surface area (Å²) < 4.78 is 0. The van der Waals surface area contributed by atoms with Gasteiger partial charge >= 0.3 is 0 Å². The lowest BCUT2D eigenvalue weighted by Crippen LogP contribution is -2.25. The Bertz CT molecular complexity index is 406. The molecule has 0 aromatic carbocycles. The van der Waals surface area contributed by atoms with Gasteiger partial charge in [0.2, 0.25) is 5.95 Å². The third kappa shape index (κ3) is 5.27. The molecule has 1 aromatic rings. The van der Waals surface area contributed by atoms with Crippen LogP contribution in [0.2, 0.25) is 0 Å². The van der Waals surface area contributed by atoms with Crippen molar-refractivity contribution in [2.75, 3.05) is 11.9 Å². The highest BCUT2D eigenvalue weighted by Crippen LogP contribution is 2.20. The van der Waals surface area contributed by atoms with E-state index in [1.54, 1.807) is 0 Å². The Balaban J connectivity index is 2.48. The van der Waals surface area contributed by atoms with Crippen molar-refractivity contribution >= 4 is 5.95 Å². The Morgan fingerprint density at radius 3 is 2.82 bits per heavy atom. The monoisotopic (exact) mass is 234 g/mol. The molecule has 5 heteroatoms. The minimum atomic E-state index is -0.454. The number of aliphatic hydroxyl groups excluding tert-OH is 1. The fraction of sp³-hybridized carbons (Fsp3) is 0.583. The molecule has 0 aliphatic heterocycles. The summed E-state index contributed by atoms with van der Waals surface area (Å²) >= 11 is 0. The number of nitrogens with zero attached hydrogens (tertiary/aromatic N) is 3. The minimum absolute atomic E-state index is 0.0798. The standard InChI is InChI=1S/C12H18N4O/c1-12(2,3)6-10(17)8-15-11-14-5-4-9(7-13)16-11/h4-5,10,17H,6,8H2,1-3H3,(H,14,15,16). The third-order valence-electron chi connectivity index (χ3n) is 2.11. The van der Waals surface area contributed by atoms with Crippen LogP contribution in [0.5, 0.6) is 0 Å². The molecule has 0 spiro atoms. The molecular formula is C12H18N4O. The topological polar surface area (TPSA) is 81.8 Å². The van der Waals surface area contributed by atoms with E-state index >= 15 is 0 Å². The highest BCUT2D eigenvalue weighted by Gasteiger charge is 2.16. The first kappa shape index (κ1) is 13.4. The van der Waals surface area contributed by atoms with E-state index in [2.05, 4.69) is 36.1 Å². The molecule has 1 heterocycles. The van der Waals surface area contributed by atoms with Gasteiger partial charge in [0.25, 0.3) is 0 Å². The van der Waals surface area contributed by atoms with Crippen molar-refractivity contribution in [1.29, 1.82) is 5.26 Å². The number of nitriles is 1. The summed E-state index contributed by atoms with van der Waals surface area (Å²) in [6.07, 6.45) is 1.76. The number of hydrogen-bond acceptors (Lipinski definition) is 5. The van der Waals surface area contributed by atoms with Crippen molar-refractivity contribution in [3.63, 3.8) is 0 Å². The largest absolute Gasteiger partial charge is 0.391 e. The van der Waals surface area contributed by atoms with Crippen molar-refractivity contribution in [2.24, 2.45) is 5.41 Å². The minimum Gasteiger partial charge on any atom is -0.391 e. The third-order valence-corrected chi connectivity index (χ3v) is 2.11. The first-order valence-electron chi connectivity index (χ1n) is 5.56. The van der Waals surface area contributed by atoms with Crippen LogP contribution in [0.1, 0.15) is 32.9 Å². The van der Waals surface area contributed by atoms with E-state index in [1.807, 2.05) is 6.07 Å². The number of anilines is 1. The molecule has 2 N–H and O–H groups in total. The number of aliphatic hydroxyl groups is 1. The van der Waals surface area contributed by atoms with E-state index in [4.69, 9.17) is 5.26 Å². The molecule has 17 heavy (non-hydrogen) atoms. The summed E-state index contributed by atoms with van der Waals surface area (Å²) in [5.74, 6) is 0.372. The highest BCUT2D eigenvalue weighted by atomic mass is 16.3. The van der Waals surface area contributed by atoms with Gasteiger partial charge in [0.1, 0.15) is 11.8 Å². The van der Waals surface area contributed by atoms with Crippen LogP contribution in [-0.2, 0) is 0 Å². The zero-order valence-electron chi connectivity index (χ0n) is 10.4. The Kier molecular flexibility index (Phi) is 4.41. The summed E-state index contributed by atoms with van der Waals surface area (Å²) in [5.41, 5.74) is 0.393. The zero-order chi connectivity index (χ0) is 12.9.